The van der Waals surface area contributed by atoms with Crippen molar-refractivity contribution in [2.45, 2.75) is 44.4 Å². The van der Waals surface area contributed by atoms with Crippen molar-refractivity contribution in [1.82, 2.24) is 20.0 Å². The number of hydrogen-bond acceptors (Lipinski definition) is 4. The van der Waals surface area contributed by atoms with Gasteiger partial charge in [-0.05, 0) is 43.5 Å². The number of ether oxygens (including phenoxy) is 1. The topological polar surface area (TPSA) is 59.4 Å². The Hall–Kier alpha value is -2.38. The van der Waals surface area contributed by atoms with Gasteiger partial charge in [-0.25, -0.2) is 4.68 Å². The first-order valence-electron chi connectivity index (χ1n) is 11.2. The molecule has 0 radical (unpaired) electrons. The van der Waals surface area contributed by atoms with Gasteiger partial charge in [0, 0.05) is 36.3 Å². The summed E-state index contributed by atoms with van der Waals surface area (Å²) in [6, 6.07) is 14.1. The first kappa shape index (κ1) is 22.4. The van der Waals surface area contributed by atoms with Crippen molar-refractivity contribution in [1.29, 1.82) is 0 Å². The Labute approximate surface area is 203 Å². The Kier molecular flexibility index (Phi) is 6.43. The third kappa shape index (κ3) is 4.53. The number of allylic oxidation sites excluding steroid dienone is 1. The van der Waals surface area contributed by atoms with Crippen molar-refractivity contribution >= 4 is 46.2 Å². The monoisotopic (exact) mass is 484 g/mol. The summed E-state index contributed by atoms with van der Waals surface area (Å²) < 4.78 is 7.60. The Bertz CT molecular complexity index is 1190. The van der Waals surface area contributed by atoms with E-state index in [0.717, 1.165) is 35.9 Å². The number of piperidine rings is 1. The normalized spacial score (nSPS) is 23.3. The van der Waals surface area contributed by atoms with Crippen LogP contribution in [0.3, 0.4) is 0 Å². The lowest BCUT2D eigenvalue weighted by atomic mass is 9.89. The second-order valence-corrected chi connectivity index (χ2v) is 9.51. The Morgan fingerprint density at radius 2 is 1.91 bits per heavy atom. The number of carbonyl (C=O) groups is 1. The fourth-order valence-electron chi connectivity index (χ4n) is 4.98. The van der Waals surface area contributed by atoms with Crippen LogP contribution < -0.4 is 5.32 Å². The quantitative estimate of drug-likeness (QED) is 0.553. The zero-order valence-electron chi connectivity index (χ0n) is 18.4. The van der Waals surface area contributed by atoms with Crippen LogP contribution in [0.25, 0.3) is 17.1 Å². The smallest absolute Gasteiger partial charge is 0.272 e. The van der Waals surface area contributed by atoms with Gasteiger partial charge in [-0.3, -0.25) is 9.69 Å². The molecular weight excluding hydrogens is 459 g/mol. The van der Waals surface area contributed by atoms with Crippen molar-refractivity contribution in [3.8, 4) is 0 Å². The van der Waals surface area contributed by atoms with Crippen molar-refractivity contribution in [3.63, 3.8) is 0 Å². The summed E-state index contributed by atoms with van der Waals surface area (Å²) in [6.07, 6.45) is 5.43. The van der Waals surface area contributed by atoms with Gasteiger partial charge in [0.1, 0.15) is 0 Å². The molecule has 1 N–H and O–H groups in total. The number of nitrogens with one attached hydrogen (secondary N) is 1. The molecule has 3 heterocycles. The second-order valence-electron chi connectivity index (χ2n) is 8.70. The molecule has 2 aromatic carbocycles. The molecule has 2 aliphatic rings. The first-order chi connectivity index (χ1) is 16.0. The van der Waals surface area contributed by atoms with Crippen LogP contribution in [0, 0.1) is 0 Å². The Morgan fingerprint density at radius 3 is 2.64 bits per heavy atom. The summed E-state index contributed by atoms with van der Waals surface area (Å²) >= 11 is 12.3. The Balaban J connectivity index is 1.31. The third-order valence-corrected chi connectivity index (χ3v) is 7.21. The number of fused-ring (bicyclic) bond motifs is 3. The summed E-state index contributed by atoms with van der Waals surface area (Å²) in [5.41, 5.74) is 2.51. The highest BCUT2D eigenvalue weighted by Crippen LogP contribution is 2.31. The summed E-state index contributed by atoms with van der Waals surface area (Å²) in [6.45, 7) is 4.03. The predicted molar refractivity (Wildman–Crippen MR) is 132 cm³/mol. The van der Waals surface area contributed by atoms with Crippen LogP contribution in [-0.4, -0.2) is 51.9 Å². The molecule has 0 unspecified atom stereocenters. The number of morpholine rings is 1. The molecule has 2 bridgehead atoms. The molecule has 1 aromatic heterocycles. The standard InChI is InChI=1S/C25H26Cl2N4O2/c1-2-9-31-23-6-4-3-5-20(23)24(29-31)25(32)28-17-11-18-14-33-15-19(12-17)30(18)13-16-7-8-21(26)22(27)10-16/h2-10,17-19H,11-15H2,1H3,(H,28,32)/b9-2-/t17-,18-,19+. The van der Waals surface area contributed by atoms with Crippen molar-refractivity contribution in [2.75, 3.05) is 13.2 Å². The van der Waals surface area contributed by atoms with Crippen molar-refractivity contribution in [2.24, 2.45) is 0 Å². The number of nitrogens with zero attached hydrogens (tertiary/aromatic N) is 3. The number of rotatable bonds is 5. The molecule has 0 aliphatic carbocycles. The minimum atomic E-state index is -0.128. The molecule has 3 aromatic rings. The van der Waals surface area contributed by atoms with Gasteiger partial charge in [0.05, 0.1) is 28.8 Å². The third-order valence-electron chi connectivity index (χ3n) is 6.48. The van der Waals surface area contributed by atoms with E-state index in [1.54, 1.807) is 4.68 Å². The lowest BCUT2D eigenvalue weighted by Gasteiger charge is -2.48. The summed E-state index contributed by atoms with van der Waals surface area (Å²) in [5, 5.41) is 9.81. The molecule has 8 heteroatoms. The van der Waals surface area contributed by atoms with Crippen LogP contribution in [0.5, 0.6) is 0 Å². The van der Waals surface area contributed by atoms with E-state index in [1.807, 2.05) is 61.7 Å². The number of hydrogen-bond donors (Lipinski definition) is 1. The molecule has 172 valence electrons. The number of amides is 1. The average molecular weight is 485 g/mol. The largest absolute Gasteiger partial charge is 0.378 e. The average Bonchev–Trinajstić information content (AvgIpc) is 3.16. The number of carbonyl (C=O) groups excluding carboxylic acids is 1. The van der Waals surface area contributed by atoms with Crippen LogP contribution >= 0.6 is 23.2 Å². The molecule has 6 nitrogen and oxygen atoms in total. The second kappa shape index (κ2) is 9.47. The molecule has 5 rings (SSSR count). The van der Waals surface area contributed by atoms with Gasteiger partial charge in [0.25, 0.3) is 5.91 Å². The minimum Gasteiger partial charge on any atom is -0.378 e. The van der Waals surface area contributed by atoms with Gasteiger partial charge in [-0.15, -0.1) is 0 Å². The van der Waals surface area contributed by atoms with Crippen LogP contribution in [0.1, 0.15) is 35.8 Å². The van der Waals surface area contributed by atoms with Gasteiger partial charge in [-0.1, -0.05) is 53.5 Å². The zero-order chi connectivity index (χ0) is 22.9. The van der Waals surface area contributed by atoms with E-state index in [2.05, 4.69) is 15.3 Å². The maximum Gasteiger partial charge on any atom is 0.272 e. The van der Waals surface area contributed by atoms with Crippen LogP contribution in [0.2, 0.25) is 10.0 Å². The molecule has 0 spiro atoms. The maximum atomic E-state index is 13.2. The molecular formula is C25H26Cl2N4O2. The van der Waals surface area contributed by atoms with E-state index >= 15 is 0 Å². The van der Waals surface area contributed by atoms with Gasteiger partial charge >= 0.3 is 0 Å². The molecule has 3 atom stereocenters. The van der Waals surface area contributed by atoms with Gasteiger partial charge in [0.2, 0.25) is 0 Å². The zero-order valence-corrected chi connectivity index (χ0v) is 19.9. The molecule has 2 saturated heterocycles. The summed E-state index contributed by atoms with van der Waals surface area (Å²) in [7, 11) is 0. The van der Waals surface area contributed by atoms with E-state index in [0.29, 0.717) is 29.0 Å². The van der Waals surface area contributed by atoms with E-state index < -0.39 is 0 Å². The first-order valence-corrected chi connectivity index (χ1v) is 12.0. The fraction of sp³-hybridized carbons (Fsp3) is 0.360. The number of para-hydroxylation sites is 1. The fourth-order valence-corrected chi connectivity index (χ4v) is 5.30. The van der Waals surface area contributed by atoms with Gasteiger partial charge < -0.3 is 10.1 Å². The van der Waals surface area contributed by atoms with E-state index in [4.69, 9.17) is 27.9 Å². The molecule has 0 saturated carbocycles. The molecule has 1 amide bonds. The molecule has 33 heavy (non-hydrogen) atoms. The number of halogens is 2. The van der Waals surface area contributed by atoms with E-state index in [9.17, 15) is 4.79 Å². The summed E-state index contributed by atoms with van der Waals surface area (Å²) in [4.78, 5) is 15.7. The van der Waals surface area contributed by atoms with Crippen molar-refractivity contribution in [3.05, 3.63) is 69.8 Å². The van der Waals surface area contributed by atoms with Crippen LogP contribution in [0.4, 0.5) is 0 Å². The minimum absolute atomic E-state index is 0.0760. The lowest BCUT2D eigenvalue weighted by molar-refractivity contribution is -0.0843. The highest BCUT2D eigenvalue weighted by Gasteiger charge is 2.39. The lowest BCUT2D eigenvalue weighted by Crippen LogP contribution is -2.60. The SMILES string of the molecule is C/C=C\n1nc(C(=O)N[C@H]2C[C@H]3COC[C@@H](C2)N3Cc2ccc(Cl)c(Cl)c2)c2ccccc21. The maximum absolute atomic E-state index is 13.2. The number of benzene rings is 2. The molecule has 2 fully saturated rings. The highest BCUT2D eigenvalue weighted by molar-refractivity contribution is 6.42. The predicted octanol–water partition coefficient (Wildman–Crippen LogP) is 5.00. The summed E-state index contributed by atoms with van der Waals surface area (Å²) in [5.74, 6) is -0.128. The van der Waals surface area contributed by atoms with Gasteiger partial charge in [0.15, 0.2) is 5.69 Å². The number of aromatic nitrogens is 2. The van der Waals surface area contributed by atoms with Crippen LogP contribution in [0.15, 0.2) is 48.5 Å². The highest BCUT2D eigenvalue weighted by atomic mass is 35.5. The van der Waals surface area contributed by atoms with E-state index in [-0.39, 0.29) is 24.0 Å². The Morgan fingerprint density at radius 1 is 1.15 bits per heavy atom. The molecule has 2 aliphatic heterocycles. The van der Waals surface area contributed by atoms with Crippen LogP contribution in [-0.2, 0) is 11.3 Å². The van der Waals surface area contributed by atoms with Gasteiger partial charge in [-0.2, -0.15) is 5.10 Å². The van der Waals surface area contributed by atoms with Crippen molar-refractivity contribution < 1.29 is 9.53 Å². The van der Waals surface area contributed by atoms with E-state index in [1.165, 1.54) is 0 Å².